The number of aromatic nitrogens is 4. The summed E-state index contributed by atoms with van der Waals surface area (Å²) in [6.45, 7) is 4.09. The summed E-state index contributed by atoms with van der Waals surface area (Å²) >= 11 is 0. The third-order valence-corrected chi connectivity index (χ3v) is 4.53. The van der Waals surface area contributed by atoms with Crippen molar-refractivity contribution in [1.29, 1.82) is 0 Å². The Morgan fingerprint density at radius 2 is 2.08 bits per heavy atom. The highest BCUT2D eigenvalue weighted by Crippen LogP contribution is 2.21. The molecule has 122 valence electrons. The minimum absolute atomic E-state index is 0.0647. The average molecular weight is 321 g/mol. The van der Waals surface area contributed by atoms with E-state index in [2.05, 4.69) is 44.3 Å². The van der Waals surface area contributed by atoms with Crippen LogP contribution in [-0.2, 0) is 19.3 Å². The smallest absolute Gasteiger partial charge is 0.255 e. The first-order valence-electron chi connectivity index (χ1n) is 8.30. The molecule has 0 fully saturated rings. The van der Waals surface area contributed by atoms with Crippen molar-refractivity contribution in [3.63, 3.8) is 0 Å². The number of nitrogens with zero attached hydrogens (tertiary/aromatic N) is 3. The van der Waals surface area contributed by atoms with E-state index in [4.69, 9.17) is 0 Å². The number of rotatable bonds is 3. The Balaban J connectivity index is 1.73. The van der Waals surface area contributed by atoms with Crippen LogP contribution < -0.4 is 10.9 Å². The molecule has 0 saturated heterocycles. The third-order valence-electron chi connectivity index (χ3n) is 4.53. The highest BCUT2D eigenvalue weighted by atomic mass is 16.1. The zero-order valence-electron chi connectivity index (χ0n) is 13.8. The van der Waals surface area contributed by atoms with Crippen LogP contribution in [-0.4, -0.2) is 19.9 Å². The molecule has 3 aromatic rings. The van der Waals surface area contributed by atoms with Gasteiger partial charge in [0.2, 0.25) is 11.9 Å². The number of benzene rings is 1. The van der Waals surface area contributed by atoms with E-state index >= 15 is 0 Å². The van der Waals surface area contributed by atoms with Gasteiger partial charge < -0.3 is 0 Å². The van der Waals surface area contributed by atoms with Crippen molar-refractivity contribution in [3.05, 3.63) is 51.1 Å². The van der Waals surface area contributed by atoms with Crippen molar-refractivity contribution < 1.29 is 0 Å². The second-order valence-corrected chi connectivity index (χ2v) is 6.16. The van der Waals surface area contributed by atoms with Gasteiger partial charge in [0.05, 0.1) is 16.9 Å². The van der Waals surface area contributed by atoms with E-state index < -0.39 is 0 Å². The highest BCUT2D eigenvalue weighted by molar-refractivity contribution is 5.82. The van der Waals surface area contributed by atoms with Gasteiger partial charge in [0, 0.05) is 10.9 Å². The Kier molecular flexibility index (Phi) is 3.52. The molecule has 2 N–H and O–H groups in total. The van der Waals surface area contributed by atoms with Gasteiger partial charge >= 0.3 is 0 Å². The van der Waals surface area contributed by atoms with Gasteiger partial charge in [-0.25, -0.2) is 15.0 Å². The largest absolute Gasteiger partial charge is 0.294 e. The molecular formula is C18H19N5O. The highest BCUT2D eigenvalue weighted by Gasteiger charge is 2.17. The molecular weight excluding hydrogens is 302 g/mol. The summed E-state index contributed by atoms with van der Waals surface area (Å²) in [5.74, 6) is 0.856. The fourth-order valence-corrected chi connectivity index (χ4v) is 3.21. The van der Waals surface area contributed by atoms with Gasteiger partial charge in [-0.2, -0.15) is 0 Å². The lowest BCUT2D eigenvalue weighted by molar-refractivity contribution is 0.899. The van der Waals surface area contributed by atoms with E-state index in [0.717, 1.165) is 53.5 Å². The maximum Gasteiger partial charge on any atom is 0.255 e. The molecule has 0 unspecified atom stereocenters. The van der Waals surface area contributed by atoms with Gasteiger partial charge in [0.25, 0.3) is 5.56 Å². The summed E-state index contributed by atoms with van der Waals surface area (Å²) < 4.78 is 0. The lowest BCUT2D eigenvalue weighted by Crippen LogP contribution is -2.16. The van der Waals surface area contributed by atoms with Crippen LogP contribution >= 0.6 is 0 Å². The van der Waals surface area contributed by atoms with Gasteiger partial charge in [0.15, 0.2) is 0 Å². The molecule has 1 aliphatic carbocycles. The molecule has 0 saturated carbocycles. The summed E-state index contributed by atoms with van der Waals surface area (Å²) in [5, 5.41) is 4.10. The number of H-pyrrole nitrogens is 1. The van der Waals surface area contributed by atoms with Crippen molar-refractivity contribution in [2.45, 2.75) is 39.5 Å². The SMILES string of the molecule is CCc1ccc2nc(Nc3nc4c(c(=O)[nH]3)CCC4)nc(C)c2c1. The monoisotopic (exact) mass is 321 g/mol. The van der Waals surface area contributed by atoms with Crippen LogP contribution in [0.4, 0.5) is 11.9 Å². The molecule has 1 aromatic carbocycles. The molecule has 1 aliphatic rings. The number of nitrogens with one attached hydrogen (secondary N) is 2. The third kappa shape index (κ3) is 2.54. The Morgan fingerprint density at radius 1 is 1.21 bits per heavy atom. The molecule has 0 bridgehead atoms. The van der Waals surface area contributed by atoms with E-state index in [1.807, 2.05) is 13.0 Å². The topological polar surface area (TPSA) is 83.6 Å². The maximum atomic E-state index is 12.1. The van der Waals surface area contributed by atoms with Gasteiger partial charge in [-0.15, -0.1) is 0 Å². The van der Waals surface area contributed by atoms with E-state index in [0.29, 0.717) is 11.9 Å². The number of hydrogen-bond donors (Lipinski definition) is 2. The Bertz CT molecular complexity index is 993. The van der Waals surface area contributed by atoms with E-state index in [1.165, 1.54) is 5.56 Å². The first-order valence-corrected chi connectivity index (χ1v) is 8.30. The molecule has 6 nitrogen and oxygen atoms in total. The Hall–Kier alpha value is -2.76. The summed E-state index contributed by atoms with van der Waals surface area (Å²) in [4.78, 5) is 28.4. The van der Waals surface area contributed by atoms with Crippen molar-refractivity contribution in [1.82, 2.24) is 19.9 Å². The summed E-state index contributed by atoms with van der Waals surface area (Å²) in [6.07, 6.45) is 3.63. The van der Waals surface area contributed by atoms with Crippen molar-refractivity contribution in [2.75, 3.05) is 5.32 Å². The Morgan fingerprint density at radius 3 is 2.92 bits per heavy atom. The van der Waals surface area contributed by atoms with Gasteiger partial charge in [-0.1, -0.05) is 13.0 Å². The quantitative estimate of drug-likeness (QED) is 0.775. The summed E-state index contributed by atoms with van der Waals surface area (Å²) in [7, 11) is 0. The fourth-order valence-electron chi connectivity index (χ4n) is 3.21. The molecule has 2 heterocycles. The second kappa shape index (κ2) is 5.70. The first kappa shape index (κ1) is 14.8. The normalized spacial score (nSPS) is 13.2. The van der Waals surface area contributed by atoms with Crippen LogP contribution in [0.25, 0.3) is 10.9 Å². The number of aryl methyl sites for hydroxylation is 3. The molecule has 6 heteroatoms. The minimum Gasteiger partial charge on any atom is -0.294 e. The second-order valence-electron chi connectivity index (χ2n) is 6.16. The molecule has 24 heavy (non-hydrogen) atoms. The zero-order valence-corrected chi connectivity index (χ0v) is 13.8. The predicted octanol–water partition coefficient (Wildman–Crippen LogP) is 2.82. The van der Waals surface area contributed by atoms with Crippen molar-refractivity contribution >= 4 is 22.8 Å². The van der Waals surface area contributed by atoms with Crippen LogP contribution in [0.2, 0.25) is 0 Å². The number of hydrogen-bond acceptors (Lipinski definition) is 5. The maximum absolute atomic E-state index is 12.1. The van der Waals surface area contributed by atoms with Crippen molar-refractivity contribution in [3.8, 4) is 0 Å². The van der Waals surface area contributed by atoms with E-state index in [-0.39, 0.29) is 5.56 Å². The molecule has 0 atom stereocenters. The summed E-state index contributed by atoms with van der Waals surface area (Å²) in [6, 6.07) is 6.21. The number of anilines is 2. The Labute approximate surface area is 139 Å². The standard InChI is InChI=1S/C18H19N5O/c1-3-11-7-8-15-13(9-11)10(2)19-17(21-15)23-18-20-14-6-4-5-12(14)16(24)22-18/h7-9H,3-6H2,1-2H3,(H2,19,20,21,22,23,24). The lowest BCUT2D eigenvalue weighted by Gasteiger charge is -2.09. The average Bonchev–Trinajstić information content (AvgIpc) is 3.04. The van der Waals surface area contributed by atoms with Gasteiger partial charge in [-0.3, -0.25) is 15.1 Å². The molecule has 2 aromatic heterocycles. The first-order chi connectivity index (χ1) is 11.6. The zero-order chi connectivity index (χ0) is 16.7. The van der Waals surface area contributed by atoms with Gasteiger partial charge in [-0.05, 0) is 50.3 Å². The fraction of sp³-hybridized carbons (Fsp3) is 0.333. The van der Waals surface area contributed by atoms with Crippen molar-refractivity contribution in [2.24, 2.45) is 0 Å². The van der Waals surface area contributed by atoms with Crippen LogP contribution in [0.3, 0.4) is 0 Å². The molecule has 0 aliphatic heterocycles. The molecule has 4 rings (SSSR count). The molecule has 0 amide bonds. The van der Waals surface area contributed by atoms with Crippen LogP contribution in [0.5, 0.6) is 0 Å². The van der Waals surface area contributed by atoms with Crippen LogP contribution in [0, 0.1) is 6.92 Å². The molecule has 0 spiro atoms. The number of aromatic amines is 1. The molecule has 0 radical (unpaired) electrons. The van der Waals surface area contributed by atoms with Gasteiger partial charge in [0.1, 0.15) is 0 Å². The predicted molar refractivity (Wildman–Crippen MR) is 93.8 cm³/mol. The van der Waals surface area contributed by atoms with Crippen LogP contribution in [0.15, 0.2) is 23.0 Å². The van der Waals surface area contributed by atoms with E-state index in [1.54, 1.807) is 0 Å². The minimum atomic E-state index is -0.0647. The summed E-state index contributed by atoms with van der Waals surface area (Å²) in [5.41, 5.74) is 4.67. The lowest BCUT2D eigenvalue weighted by atomic mass is 10.1. The number of fused-ring (bicyclic) bond motifs is 2. The van der Waals surface area contributed by atoms with E-state index in [9.17, 15) is 4.79 Å². The van der Waals surface area contributed by atoms with Crippen LogP contribution in [0.1, 0.15) is 35.9 Å².